The van der Waals surface area contributed by atoms with E-state index in [-0.39, 0.29) is 0 Å². The molecule has 1 heterocycles. The first kappa shape index (κ1) is 15.5. The number of aromatic hydroxyl groups is 1. The molecular weight excluding hydrogens is 334 g/mol. The fourth-order valence-corrected chi connectivity index (χ4v) is 3.58. The van der Waals surface area contributed by atoms with E-state index in [4.69, 9.17) is 0 Å². The highest BCUT2D eigenvalue weighted by atomic mass is 79.9. The first-order valence-corrected chi connectivity index (χ1v) is 8.41. The van der Waals surface area contributed by atoms with Crippen molar-refractivity contribution >= 4 is 27.3 Å². The summed E-state index contributed by atoms with van der Waals surface area (Å²) in [6.07, 6.45) is 2.12. The van der Waals surface area contributed by atoms with Gasteiger partial charge in [-0.25, -0.2) is 0 Å². The number of hydrogen-bond acceptors (Lipinski definition) is 3. The lowest BCUT2D eigenvalue weighted by Crippen LogP contribution is -2.25. The van der Waals surface area contributed by atoms with E-state index in [1.165, 1.54) is 19.8 Å². The molecule has 0 amide bonds. The maximum Gasteiger partial charge on any atom is 0.115 e. The molecule has 0 radical (unpaired) electrons. The normalized spacial score (nSPS) is 12.6. The Kier molecular flexibility index (Phi) is 5.64. The zero-order chi connectivity index (χ0) is 14.5. The zero-order valence-corrected chi connectivity index (χ0v) is 14.2. The van der Waals surface area contributed by atoms with E-state index in [1.807, 2.05) is 23.5 Å². The Balaban J connectivity index is 1.75. The van der Waals surface area contributed by atoms with E-state index in [1.54, 1.807) is 12.1 Å². The molecule has 0 saturated carbocycles. The van der Waals surface area contributed by atoms with Gasteiger partial charge in [0, 0.05) is 26.8 Å². The van der Waals surface area contributed by atoms with E-state index in [2.05, 4.69) is 41.2 Å². The van der Waals surface area contributed by atoms with Gasteiger partial charge in [-0.2, -0.15) is 0 Å². The molecule has 0 aliphatic heterocycles. The third kappa shape index (κ3) is 4.62. The Labute approximate surface area is 133 Å². The Morgan fingerprint density at radius 2 is 2.00 bits per heavy atom. The average molecular weight is 354 g/mol. The third-order valence-electron chi connectivity index (χ3n) is 3.34. The molecule has 1 aromatic heterocycles. The summed E-state index contributed by atoms with van der Waals surface area (Å²) >= 11 is 5.39. The summed E-state index contributed by atoms with van der Waals surface area (Å²) in [5, 5.41) is 12.8. The fourth-order valence-electron chi connectivity index (χ4n) is 2.03. The standard InChI is InChI=1S/C16H20BrNOS/c1-11(3-4-13-5-7-14(19)8-6-13)18-10-15-9-16(17)12(2)20-15/h5-9,11,18-19H,3-4,10H2,1-2H3. The molecule has 0 aliphatic carbocycles. The van der Waals surface area contributed by atoms with Gasteiger partial charge in [-0.3, -0.25) is 0 Å². The minimum absolute atomic E-state index is 0.332. The molecule has 0 saturated heterocycles. The zero-order valence-electron chi connectivity index (χ0n) is 11.8. The van der Waals surface area contributed by atoms with Crippen LogP contribution in [0.4, 0.5) is 0 Å². The summed E-state index contributed by atoms with van der Waals surface area (Å²) < 4.78 is 1.20. The molecule has 20 heavy (non-hydrogen) atoms. The summed E-state index contributed by atoms with van der Waals surface area (Å²) in [5.74, 6) is 0.332. The van der Waals surface area contributed by atoms with Crippen LogP contribution in [0.1, 0.15) is 28.7 Å². The van der Waals surface area contributed by atoms with Crippen LogP contribution in [-0.4, -0.2) is 11.1 Å². The number of thiophene rings is 1. The lowest BCUT2D eigenvalue weighted by atomic mass is 10.1. The largest absolute Gasteiger partial charge is 0.508 e. The molecule has 2 aromatic rings. The highest BCUT2D eigenvalue weighted by Crippen LogP contribution is 2.26. The van der Waals surface area contributed by atoms with Gasteiger partial charge in [0.05, 0.1) is 0 Å². The molecule has 1 atom stereocenters. The van der Waals surface area contributed by atoms with Gasteiger partial charge in [0.25, 0.3) is 0 Å². The van der Waals surface area contributed by atoms with Crippen LogP contribution in [0.15, 0.2) is 34.8 Å². The molecule has 2 nitrogen and oxygen atoms in total. The van der Waals surface area contributed by atoms with E-state index in [0.717, 1.165) is 19.4 Å². The van der Waals surface area contributed by atoms with E-state index in [0.29, 0.717) is 11.8 Å². The van der Waals surface area contributed by atoms with Crippen molar-refractivity contribution in [2.24, 2.45) is 0 Å². The summed E-state index contributed by atoms with van der Waals surface area (Å²) in [6, 6.07) is 10.1. The molecule has 2 N–H and O–H groups in total. The van der Waals surface area contributed by atoms with Gasteiger partial charge in [0.1, 0.15) is 5.75 Å². The third-order valence-corrected chi connectivity index (χ3v) is 5.47. The van der Waals surface area contributed by atoms with Gasteiger partial charge in [0.15, 0.2) is 0 Å². The van der Waals surface area contributed by atoms with Gasteiger partial charge in [0.2, 0.25) is 0 Å². The number of hydrogen-bond donors (Lipinski definition) is 2. The van der Waals surface area contributed by atoms with Crippen molar-refractivity contribution in [2.75, 3.05) is 0 Å². The van der Waals surface area contributed by atoms with E-state index in [9.17, 15) is 5.11 Å². The van der Waals surface area contributed by atoms with Crippen LogP contribution in [0.25, 0.3) is 0 Å². The molecule has 108 valence electrons. The Bertz CT molecular complexity index is 531. The Morgan fingerprint density at radius 1 is 1.30 bits per heavy atom. The van der Waals surface area contributed by atoms with Crippen molar-refractivity contribution in [3.63, 3.8) is 0 Å². The van der Waals surface area contributed by atoms with Gasteiger partial charge in [-0.15, -0.1) is 11.3 Å². The minimum Gasteiger partial charge on any atom is -0.508 e. The SMILES string of the molecule is Cc1sc(CNC(C)CCc2ccc(O)cc2)cc1Br. The topological polar surface area (TPSA) is 32.3 Å². The van der Waals surface area contributed by atoms with E-state index < -0.39 is 0 Å². The van der Waals surface area contributed by atoms with Crippen molar-refractivity contribution in [1.82, 2.24) is 5.32 Å². The van der Waals surface area contributed by atoms with Crippen LogP contribution in [0.2, 0.25) is 0 Å². The van der Waals surface area contributed by atoms with E-state index >= 15 is 0 Å². The number of nitrogens with one attached hydrogen (secondary N) is 1. The van der Waals surface area contributed by atoms with Gasteiger partial charge in [-0.1, -0.05) is 12.1 Å². The second-order valence-electron chi connectivity index (χ2n) is 5.10. The molecular formula is C16H20BrNOS. The molecule has 0 fully saturated rings. The molecule has 0 aliphatic rings. The molecule has 1 unspecified atom stereocenters. The summed E-state index contributed by atoms with van der Waals surface area (Å²) in [6.45, 7) is 5.27. The van der Waals surface area contributed by atoms with Crippen molar-refractivity contribution in [3.8, 4) is 5.75 Å². The molecule has 2 rings (SSSR count). The van der Waals surface area contributed by atoms with Gasteiger partial charge < -0.3 is 10.4 Å². The second-order valence-corrected chi connectivity index (χ2v) is 7.30. The average Bonchev–Trinajstić information content (AvgIpc) is 2.75. The number of phenols is 1. The fraction of sp³-hybridized carbons (Fsp3) is 0.375. The Hall–Kier alpha value is -0.840. The molecule has 0 spiro atoms. The quantitative estimate of drug-likeness (QED) is 0.792. The molecule has 4 heteroatoms. The lowest BCUT2D eigenvalue weighted by Gasteiger charge is -2.13. The molecule has 0 bridgehead atoms. The minimum atomic E-state index is 0.332. The van der Waals surface area contributed by atoms with Crippen molar-refractivity contribution in [1.29, 1.82) is 0 Å². The highest BCUT2D eigenvalue weighted by Gasteiger charge is 2.06. The first-order valence-electron chi connectivity index (χ1n) is 6.80. The maximum atomic E-state index is 9.25. The lowest BCUT2D eigenvalue weighted by molar-refractivity contribution is 0.474. The monoisotopic (exact) mass is 353 g/mol. The van der Waals surface area contributed by atoms with Gasteiger partial charge in [-0.05, 0) is 66.4 Å². The smallest absolute Gasteiger partial charge is 0.115 e. The second kappa shape index (κ2) is 7.25. The van der Waals surface area contributed by atoms with Crippen LogP contribution in [0, 0.1) is 6.92 Å². The van der Waals surface area contributed by atoms with Gasteiger partial charge >= 0.3 is 0 Å². The summed E-state index contributed by atoms with van der Waals surface area (Å²) in [5.41, 5.74) is 1.27. The van der Waals surface area contributed by atoms with Crippen molar-refractivity contribution < 1.29 is 5.11 Å². The first-order chi connectivity index (χ1) is 9.54. The van der Waals surface area contributed by atoms with Crippen LogP contribution < -0.4 is 5.32 Å². The summed E-state index contributed by atoms with van der Waals surface area (Å²) in [4.78, 5) is 2.70. The number of halogens is 1. The van der Waals surface area contributed by atoms with Crippen LogP contribution in [-0.2, 0) is 13.0 Å². The number of phenolic OH excluding ortho intramolecular Hbond substituents is 1. The highest BCUT2D eigenvalue weighted by molar-refractivity contribution is 9.10. The van der Waals surface area contributed by atoms with Crippen molar-refractivity contribution in [3.05, 3.63) is 50.1 Å². The van der Waals surface area contributed by atoms with Crippen LogP contribution in [0.5, 0.6) is 5.75 Å². The predicted octanol–water partition coefficient (Wildman–Crippen LogP) is 4.64. The number of rotatable bonds is 6. The maximum absolute atomic E-state index is 9.25. The number of benzene rings is 1. The molecule has 1 aromatic carbocycles. The van der Waals surface area contributed by atoms with Crippen molar-refractivity contribution in [2.45, 2.75) is 39.3 Å². The summed E-state index contributed by atoms with van der Waals surface area (Å²) in [7, 11) is 0. The van der Waals surface area contributed by atoms with Crippen LogP contribution in [0.3, 0.4) is 0 Å². The van der Waals surface area contributed by atoms with Crippen LogP contribution >= 0.6 is 27.3 Å². The Morgan fingerprint density at radius 3 is 2.60 bits per heavy atom. The predicted molar refractivity (Wildman–Crippen MR) is 89.5 cm³/mol. The number of aryl methyl sites for hydroxylation is 2.